The van der Waals surface area contributed by atoms with Crippen LogP contribution in [-0.2, 0) is 4.74 Å². The normalized spacial score (nSPS) is 32.7. The summed E-state index contributed by atoms with van der Waals surface area (Å²) in [4.78, 5) is 2.70. The van der Waals surface area contributed by atoms with Crippen molar-refractivity contribution in [2.75, 3.05) is 32.8 Å². The summed E-state index contributed by atoms with van der Waals surface area (Å²) in [7, 11) is 0. The van der Waals surface area contributed by atoms with Crippen LogP contribution >= 0.6 is 0 Å². The minimum Gasteiger partial charge on any atom is -0.381 e. The average Bonchev–Trinajstić information content (AvgIpc) is 3.14. The smallest absolute Gasteiger partial charge is 0.0494 e. The molecule has 3 aliphatic rings. The zero-order chi connectivity index (χ0) is 12.2. The van der Waals surface area contributed by atoms with Crippen LogP contribution in [0.2, 0.25) is 0 Å². The monoisotopic (exact) mass is 252 g/mol. The van der Waals surface area contributed by atoms with Crippen LogP contribution < -0.4 is 5.32 Å². The Morgan fingerprint density at radius 1 is 1.06 bits per heavy atom. The average molecular weight is 252 g/mol. The summed E-state index contributed by atoms with van der Waals surface area (Å²) in [5, 5.41) is 3.76. The molecule has 0 spiro atoms. The number of fused-ring (bicyclic) bond motifs is 1. The molecule has 2 aliphatic heterocycles. The van der Waals surface area contributed by atoms with E-state index in [0.717, 1.165) is 37.8 Å². The van der Waals surface area contributed by atoms with Gasteiger partial charge in [-0.05, 0) is 57.5 Å². The molecule has 3 heteroatoms. The maximum Gasteiger partial charge on any atom is 0.0494 e. The van der Waals surface area contributed by atoms with Crippen molar-refractivity contribution >= 4 is 0 Å². The van der Waals surface area contributed by atoms with E-state index >= 15 is 0 Å². The number of piperidine rings is 1. The number of nitrogens with one attached hydrogen (secondary N) is 1. The van der Waals surface area contributed by atoms with Crippen molar-refractivity contribution in [3.63, 3.8) is 0 Å². The van der Waals surface area contributed by atoms with Gasteiger partial charge in [0.15, 0.2) is 0 Å². The molecule has 2 heterocycles. The summed E-state index contributed by atoms with van der Waals surface area (Å²) < 4.78 is 5.68. The Labute approximate surface area is 111 Å². The number of hydrogen-bond acceptors (Lipinski definition) is 3. The maximum atomic E-state index is 5.68. The molecule has 0 aromatic heterocycles. The van der Waals surface area contributed by atoms with E-state index in [-0.39, 0.29) is 0 Å². The summed E-state index contributed by atoms with van der Waals surface area (Å²) in [6, 6.07) is 1.60. The standard InChI is InChI=1S/C15H28N2O/c1-2-9-17-10-7-14(15(17)4-1)16-8-3-11-18-12-13-5-6-13/h13-16H,1-12H2. The minimum absolute atomic E-state index is 0.758. The van der Waals surface area contributed by atoms with Gasteiger partial charge in [-0.2, -0.15) is 0 Å². The predicted octanol–water partition coefficient (Wildman–Crippen LogP) is 2.02. The number of nitrogens with zero attached hydrogens (tertiary/aromatic N) is 1. The van der Waals surface area contributed by atoms with E-state index in [1.807, 2.05) is 0 Å². The molecule has 2 saturated heterocycles. The van der Waals surface area contributed by atoms with Crippen LogP contribution in [-0.4, -0.2) is 49.8 Å². The third-order valence-electron chi connectivity index (χ3n) is 4.78. The van der Waals surface area contributed by atoms with Gasteiger partial charge in [0.2, 0.25) is 0 Å². The molecule has 3 rings (SSSR count). The van der Waals surface area contributed by atoms with Crippen molar-refractivity contribution in [2.24, 2.45) is 5.92 Å². The molecule has 3 fully saturated rings. The van der Waals surface area contributed by atoms with Crippen LogP contribution in [0, 0.1) is 5.92 Å². The van der Waals surface area contributed by atoms with E-state index in [1.165, 1.54) is 58.0 Å². The molecule has 2 atom stereocenters. The first-order chi connectivity index (χ1) is 8.93. The van der Waals surface area contributed by atoms with Gasteiger partial charge < -0.3 is 10.1 Å². The summed E-state index contributed by atoms with van der Waals surface area (Å²) >= 11 is 0. The van der Waals surface area contributed by atoms with E-state index in [9.17, 15) is 0 Å². The first-order valence-electron chi connectivity index (χ1n) is 7.98. The molecule has 0 radical (unpaired) electrons. The maximum absolute atomic E-state index is 5.68. The molecule has 1 aliphatic carbocycles. The topological polar surface area (TPSA) is 24.5 Å². The van der Waals surface area contributed by atoms with Gasteiger partial charge in [-0.15, -0.1) is 0 Å². The number of ether oxygens (including phenoxy) is 1. The minimum atomic E-state index is 0.758. The second-order valence-electron chi connectivity index (χ2n) is 6.32. The lowest BCUT2D eigenvalue weighted by Gasteiger charge is -2.32. The Balaban J connectivity index is 1.26. The Morgan fingerprint density at radius 2 is 2.00 bits per heavy atom. The van der Waals surface area contributed by atoms with Crippen LogP contribution in [0.15, 0.2) is 0 Å². The van der Waals surface area contributed by atoms with Crippen molar-refractivity contribution in [2.45, 2.75) is 57.0 Å². The van der Waals surface area contributed by atoms with E-state index in [0.29, 0.717) is 0 Å². The lowest BCUT2D eigenvalue weighted by molar-refractivity contribution is 0.120. The third-order valence-corrected chi connectivity index (χ3v) is 4.78. The SMILES string of the molecule is C(CNC1CCN2CCCCC12)COCC1CC1. The molecule has 1 N–H and O–H groups in total. The Bertz CT molecular complexity index is 255. The zero-order valence-electron chi connectivity index (χ0n) is 11.6. The van der Waals surface area contributed by atoms with E-state index in [1.54, 1.807) is 0 Å². The van der Waals surface area contributed by atoms with Crippen molar-refractivity contribution in [3.8, 4) is 0 Å². The van der Waals surface area contributed by atoms with Crippen molar-refractivity contribution in [3.05, 3.63) is 0 Å². The van der Waals surface area contributed by atoms with Gasteiger partial charge in [0.25, 0.3) is 0 Å². The van der Waals surface area contributed by atoms with Gasteiger partial charge >= 0.3 is 0 Å². The summed E-state index contributed by atoms with van der Waals surface area (Å²) in [6.45, 7) is 5.76. The lowest BCUT2D eigenvalue weighted by atomic mass is 9.99. The Kier molecular flexibility index (Phi) is 4.55. The first kappa shape index (κ1) is 12.9. The van der Waals surface area contributed by atoms with Gasteiger partial charge in [-0.25, -0.2) is 0 Å². The molecule has 0 aromatic rings. The Morgan fingerprint density at radius 3 is 2.89 bits per heavy atom. The number of hydrogen-bond donors (Lipinski definition) is 1. The molecule has 2 unspecified atom stereocenters. The highest BCUT2D eigenvalue weighted by molar-refractivity contribution is 4.93. The van der Waals surface area contributed by atoms with Crippen LogP contribution in [0.3, 0.4) is 0 Å². The molecule has 18 heavy (non-hydrogen) atoms. The molecule has 1 saturated carbocycles. The quantitative estimate of drug-likeness (QED) is 0.702. The lowest BCUT2D eigenvalue weighted by Crippen LogP contribution is -2.45. The zero-order valence-corrected chi connectivity index (χ0v) is 11.6. The van der Waals surface area contributed by atoms with Gasteiger partial charge in [-0.3, -0.25) is 4.90 Å². The van der Waals surface area contributed by atoms with Gasteiger partial charge in [0.1, 0.15) is 0 Å². The van der Waals surface area contributed by atoms with Crippen LogP contribution in [0.1, 0.15) is 44.9 Å². The summed E-state index contributed by atoms with van der Waals surface area (Å²) in [6.07, 6.45) is 9.59. The fraction of sp³-hybridized carbons (Fsp3) is 1.00. The third kappa shape index (κ3) is 3.46. The molecule has 0 aromatic carbocycles. The molecular weight excluding hydrogens is 224 g/mol. The summed E-state index contributed by atoms with van der Waals surface area (Å²) in [5.74, 6) is 0.906. The van der Waals surface area contributed by atoms with Crippen molar-refractivity contribution in [1.82, 2.24) is 10.2 Å². The van der Waals surface area contributed by atoms with Gasteiger partial charge in [-0.1, -0.05) is 6.42 Å². The van der Waals surface area contributed by atoms with Crippen molar-refractivity contribution < 1.29 is 4.74 Å². The highest BCUT2D eigenvalue weighted by atomic mass is 16.5. The van der Waals surface area contributed by atoms with E-state index in [2.05, 4.69) is 10.2 Å². The van der Waals surface area contributed by atoms with E-state index < -0.39 is 0 Å². The molecule has 0 amide bonds. The fourth-order valence-corrected chi connectivity index (χ4v) is 3.48. The predicted molar refractivity (Wildman–Crippen MR) is 73.8 cm³/mol. The Hall–Kier alpha value is -0.120. The second-order valence-corrected chi connectivity index (χ2v) is 6.32. The molecule has 104 valence electrons. The van der Waals surface area contributed by atoms with Gasteiger partial charge in [0, 0.05) is 31.8 Å². The highest BCUT2D eigenvalue weighted by Crippen LogP contribution is 2.29. The fourth-order valence-electron chi connectivity index (χ4n) is 3.48. The van der Waals surface area contributed by atoms with E-state index in [4.69, 9.17) is 4.74 Å². The van der Waals surface area contributed by atoms with Crippen LogP contribution in [0.5, 0.6) is 0 Å². The van der Waals surface area contributed by atoms with Crippen LogP contribution in [0.4, 0.5) is 0 Å². The first-order valence-corrected chi connectivity index (χ1v) is 7.98. The molecular formula is C15H28N2O. The van der Waals surface area contributed by atoms with Gasteiger partial charge in [0.05, 0.1) is 0 Å². The summed E-state index contributed by atoms with van der Waals surface area (Å²) in [5.41, 5.74) is 0. The van der Waals surface area contributed by atoms with Crippen molar-refractivity contribution in [1.29, 1.82) is 0 Å². The molecule has 3 nitrogen and oxygen atoms in total. The highest BCUT2D eigenvalue weighted by Gasteiger charge is 2.34. The molecule has 0 bridgehead atoms. The number of rotatable bonds is 7. The van der Waals surface area contributed by atoms with Crippen LogP contribution in [0.25, 0.3) is 0 Å². The second kappa shape index (κ2) is 6.36. The largest absolute Gasteiger partial charge is 0.381 e.